The minimum Gasteiger partial charge on any atom is -0.481 e. The second kappa shape index (κ2) is 6.08. The molecule has 0 fully saturated rings. The lowest BCUT2D eigenvalue weighted by Gasteiger charge is -2.25. The summed E-state index contributed by atoms with van der Waals surface area (Å²) in [5.41, 5.74) is 3.62. The summed E-state index contributed by atoms with van der Waals surface area (Å²) < 4.78 is 1.85. The Morgan fingerprint density at radius 1 is 1.38 bits per heavy atom. The lowest BCUT2D eigenvalue weighted by Crippen LogP contribution is -2.15. The van der Waals surface area contributed by atoms with Gasteiger partial charge in [-0.1, -0.05) is 29.5 Å². The fraction of sp³-hybridized carbons (Fsp3) is 0.438. The smallest absolute Gasteiger partial charge is 0.303 e. The van der Waals surface area contributed by atoms with Crippen molar-refractivity contribution < 1.29 is 9.90 Å². The molecule has 5 heteroatoms. The molecule has 0 saturated heterocycles. The molecule has 1 aromatic heterocycles. The number of carboxylic acid groups (broad SMARTS) is 1. The van der Waals surface area contributed by atoms with Crippen LogP contribution >= 0.6 is 0 Å². The molecular weight excluding hydrogens is 266 g/mol. The van der Waals surface area contributed by atoms with Crippen LogP contribution in [0.5, 0.6) is 0 Å². The van der Waals surface area contributed by atoms with E-state index in [4.69, 9.17) is 5.11 Å². The third kappa shape index (κ3) is 3.29. The quantitative estimate of drug-likeness (QED) is 0.916. The van der Waals surface area contributed by atoms with Gasteiger partial charge >= 0.3 is 5.97 Å². The van der Waals surface area contributed by atoms with E-state index in [1.165, 1.54) is 24.0 Å². The summed E-state index contributed by atoms with van der Waals surface area (Å²) in [6.45, 7) is 0.817. The highest BCUT2D eigenvalue weighted by Crippen LogP contribution is 2.32. The van der Waals surface area contributed by atoms with Gasteiger partial charge in [0.1, 0.15) is 0 Å². The van der Waals surface area contributed by atoms with Crippen molar-refractivity contribution in [1.29, 1.82) is 0 Å². The van der Waals surface area contributed by atoms with E-state index in [9.17, 15) is 4.79 Å². The number of aliphatic carboxylic acids is 1. The molecule has 3 rings (SSSR count). The van der Waals surface area contributed by atoms with Crippen LogP contribution in [0.2, 0.25) is 0 Å². The molecule has 2 aromatic rings. The number of fused-ring (bicyclic) bond motifs is 1. The van der Waals surface area contributed by atoms with E-state index in [2.05, 4.69) is 34.6 Å². The molecule has 1 aliphatic carbocycles. The molecule has 5 nitrogen and oxygen atoms in total. The van der Waals surface area contributed by atoms with Gasteiger partial charge in [0.15, 0.2) is 0 Å². The van der Waals surface area contributed by atoms with Gasteiger partial charge in [-0.05, 0) is 30.4 Å². The number of carbonyl (C=O) groups is 1. The average Bonchev–Trinajstić information content (AvgIpc) is 2.93. The molecule has 1 aliphatic rings. The fourth-order valence-electron chi connectivity index (χ4n) is 3.05. The number of benzene rings is 1. The Bertz CT molecular complexity index is 636. The number of aryl methyl sites for hydroxylation is 2. The van der Waals surface area contributed by atoms with Crippen molar-refractivity contribution in [3.8, 4) is 0 Å². The molecule has 1 unspecified atom stereocenters. The van der Waals surface area contributed by atoms with Gasteiger partial charge in [0.25, 0.3) is 0 Å². The van der Waals surface area contributed by atoms with Crippen molar-refractivity contribution >= 4 is 5.97 Å². The standard InChI is InChI=1S/C16H19N3O2/c20-16(21)9-8-14-11-19(18-17-14)10-13-6-3-5-12-4-1-2-7-15(12)13/h1-2,4,7,11,13H,3,5-6,8-10H2,(H,20,21). The van der Waals surface area contributed by atoms with Crippen LogP contribution < -0.4 is 0 Å². The average molecular weight is 285 g/mol. The van der Waals surface area contributed by atoms with Gasteiger partial charge in [0.05, 0.1) is 12.1 Å². The molecule has 0 amide bonds. The van der Waals surface area contributed by atoms with Crippen molar-refractivity contribution in [3.05, 3.63) is 47.3 Å². The Morgan fingerprint density at radius 2 is 2.24 bits per heavy atom. The molecule has 21 heavy (non-hydrogen) atoms. The van der Waals surface area contributed by atoms with Crippen molar-refractivity contribution in [3.63, 3.8) is 0 Å². The molecule has 0 spiro atoms. The van der Waals surface area contributed by atoms with Gasteiger partial charge in [-0.3, -0.25) is 9.48 Å². The maximum absolute atomic E-state index is 10.6. The molecule has 1 aromatic carbocycles. The monoisotopic (exact) mass is 285 g/mol. The van der Waals surface area contributed by atoms with Crippen molar-refractivity contribution in [2.45, 2.75) is 44.6 Å². The lowest BCUT2D eigenvalue weighted by atomic mass is 9.83. The second-order valence-corrected chi connectivity index (χ2v) is 5.61. The van der Waals surface area contributed by atoms with E-state index in [1.807, 2.05) is 10.9 Å². The molecule has 0 saturated carbocycles. The zero-order valence-electron chi connectivity index (χ0n) is 11.9. The first-order valence-corrected chi connectivity index (χ1v) is 7.41. The number of carboxylic acids is 1. The van der Waals surface area contributed by atoms with Crippen LogP contribution in [0.1, 0.15) is 42.0 Å². The largest absolute Gasteiger partial charge is 0.481 e. The van der Waals surface area contributed by atoms with E-state index >= 15 is 0 Å². The van der Waals surface area contributed by atoms with Gasteiger partial charge in [-0.25, -0.2) is 0 Å². The SMILES string of the molecule is O=C(O)CCc1cn(CC2CCCc3ccccc32)nn1. The first-order chi connectivity index (χ1) is 10.2. The van der Waals surface area contributed by atoms with Crippen LogP contribution in [0.4, 0.5) is 0 Å². The number of nitrogens with zero attached hydrogens (tertiary/aromatic N) is 3. The zero-order valence-corrected chi connectivity index (χ0v) is 11.9. The van der Waals surface area contributed by atoms with Gasteiger partial charge in [0.2, 0.25) is 0 Å². The molecule has 1 atom stereocenters. The molecule has 0 bridgehead atoms. The lowest BCUT2D eigenvalue weighted by molar-refractivity contribution is -0.136. The number of hydrogen-bond acceptors (Lipinski definition) is 3. The minimum absolute atomic E-state index is 0.102. The van der Waals surface area contributed by atoms with Gasteiger partial charge < -0.3 is 5.11 Å². The Labute approximate surface area is 123 Å². The third-order valence-electron chi connectivity index (χ3n) is 4.08. The molecule has 110 valence electrons. The summed E-state index contributed by atoms with van der Waals surface area (Å²) in [6, 6.07) is 8.61. The van der Waals surface area contributed by atoms with Gasteiger partial charge in [-0.2, -0.15) is 0 Å². The maximum atomic E-state index is 10.6. The summed E-state index contributed by atoms with van der Waals surface area (Å²) in [4.78, 5) is 10.6. The van der Waals surface area contributed by atoms with Crippen molar-refractivity contribution in [2.24, 2.45) is 0 Å². The van der Waals surface area contributed by atoms with Crippen LogP contribution in [0.15, 0.2) is 30.5 Å². The molecule has 0 radical (unpaired) electrons. The summed E-state index contributed by atoms with van der Waals surface area (Å²) in [6.07, 6.45) is 5.96. The highest BCUT2D eigenvalue weighted by atomic mass is 16.4. The summed E-state index contributed by atoms with van der Waals surface area (Å²) >= 11 is 0. The van der Waals surface area contributed by atoms with Crippen LogP contribution in [-0.2, 0) is 24.2 Å². The highest BCUT2D eigenvalue weighted by molar-refractivity contribution is 5.66. The minimum atomic E-state index is -0.800. The summed E-state index contributed by atoms with van der Waals surface area (Å²) in [5, 5.41) is 16.9. The van der Waals surface area contributed by atoms with Crippen molar-refractivity contribution in [1.82, 2.24) is 15.0 Å². The normalized spacial score (nSPS) is 17.4. The van der Waals surface area contributed by atoms with Crippen LogP contribution in [0.25, 0.3) is 0 Å². The second-order valence-electron chi connectivity index (χ2n) is 5.61. The van der Waals surface area contributed by atoms with Crippen LogP contribution in [-0.4, -0.2) is 26.1 Å². The van der Waals surface area contributed by atoms with E-state index in [0.717, 1.165) is 18.7 Å². The van der Waals surface area contributed by atoms with Crippen molar-refractivity contribution in [2.75, 3.05) is 0 Å². The maximum Gasteiger partial charge on any atom is 0.303 e. The molecule has 1 N–H and O–H groups in total. The highest BCUT2D eigenvalue weighted by Gasteiger charge is 2.20. The molecule has 0 aliphatic heterocycles. The Morgan fingerprint density at radius 3 is 3.10 bits per heavy atom. The topological polar surface area (TPSA) is 68.0 Å². The van der Waals surface area contributed by atoms with E-state index in [1.54, 1.807) is 0 Å². The van der Waals surface area contributed by atoms with Gasteiger partial charge in [0, 0.05) is 25.1 Å². The number of aromatic nitrogens is 3. The zero-order chi connectivity index (χ0) is 14.7. The Kier molecular flexibility index (Phi) is 3.99. The summed E-state index contributed by atoms with van der Waals surface area (Å²) in [7, 11) is 0. The molecule has 1 heterocycles. The number of rotatable bonds is 5. The van der Waals surface area contributed by atoms with E-state index in [-0.39, 0.29) is 6.42 Å². The Hall–Kier alpha value is -2.17. The Balaban J connectivity index is 1.69. The first kappa shape index (κ1) is 13.8. The summed E-state index contributed by atoms with van der Waals surface area (Å²) in [5.74, 6) is -0.324. The van der Waals surface area contributed by atoms with Gasteiger partial charge in [-0.15, -0.1) is 5.10 Å². The predicted molar refractivity (Wildman–Crippen MR) is 78.1 cm³/mol. The van der Waals surface area contributed by atoms with Crippen LogP contribution in [0.3, 0.4) is 0 Å². The fourth-order valence-corrected chi connectivity index (χ4v) is 3.05. The third-order valence-corrected chi connectivity index (χ3v) is 4.08. The number of hydrogen-bond donors (Lipinski definition) is 1. The molecular formula is C16H19N3O2. The first-order valence-electron chi connectivity index (χ1n) is 7.41. The predicted octanol–water partition coefficient (Wildman–Crippen LogP) is 2.42. The van der Waals surface area contributed by atoms with E-state index < -0.39 is 5.97 Å². The van der Waals surface area contributed by atoms with E-state index in [0.29, 0.717) is 12.3 Å². The van der Waals surface area contributed by atoms with Crippen LogP contribution in [0, 0.1) is 0 Å².